The summed E-state index contributed by atoms with van der Waals surface area (Å²) in [6, 6.07) is 0.553. The molecule has 0 aromatic carbocycles. The number of halogens is 1. The monoisotopic (exact) mass is 468 g/mol. The van der Waals surface area contributed by atoms with Crippen molar-refractivity contribution in [2.75, 3.05) is 25.1 Å². The Labute approximate surface area is 165 Å². The minimum absolute atomic E-state index is 0. The standard InChI is InChI=1S/C16H28N4S2.HI/c1-16(2,3)13-11-22-14(20-13)7-8-18-15(17-4)19-12-6-5-9-21-10-12;/h11-12H,5-10H2,1-4H3,(H2,17,18,19);1H. The molecule has 1 aromatic heterocycles. The van der Waals surface area contributed by atoms with Gasteiger partial charge in [0.2, 0.25) is 0 Å². The molecule has 1 aliphatic rings. The van der Waals surface area contributed by atoms with E-state index in [0.717, 1.165) is 18.9 Å². The number of aromatic nitrogens is 1. The lowest BCUT2D eigenvalue weighted by Gasteiger charge is -2.24. The third-order valence-electron chi connectivity index (χ3n) is 3.68. The largest absolute Gasteiger partial charge is 0.356 e. The SMILES string of the molecule is CN=C(NCCc1nc(C(C)(C)C)cs1)NC1CCCSC1.I. The molecule has 1 fully saturated rings. The fraction of sp³-hybridized carbons (Fsp3) is 0.750. The van der Waals surface area contributed by atoms with Crippen LogP contribution in [0.3, 0.4) is 0 Å². The molecule has 1 saturated heterocycles. The predicted molar refractivity (Wildman–Crippen MR) is 115 cm³/mol. The number of rotatable bonds is 4. The first-order valence-electron chi connectivity index (χ1n) is 7.99. The topological polar surface area (TPSA) is 49.3 Å². The number of nitrogens with zero attached hydrogens (tertiary/aromatic N) is 2. The van der Waals surface area contributed by atoms with Crippen LogP contribution in [0.1, 0.15) is 44.3 Å². The highest BCUT2D eigenvalue weighted by molar-refractivity contribution is 14.0. The highest BCUT2D eigenvalue weighted by Gasteiger charge is 2.17. The fourth-order valence-corrected chi connectivity index (χ4v) is 4.40. The third kappa shape index (κ3) is 7.17. The molecule has 2 N–H and O–H groups in total. The Morgan fingerprint density at radius 2 is 2.22 bits per heavy atom. The summed E-state index contributed by atoms with van der Waals surface area (Å²) in [5.41, 5.74) is 1.33. The third-order valence-corrected chi connectivity index (χ3v) is 5.80. The first kappa shape index (κ1) is 21.0. The van der Waals surface area contributed by atoms with Crippen LogP contribution in [0, 0.1) is 0 Å². The molecule has 0 bridgehead atoms. The van der Waals surface area contributed by atoms with Crippen molar-refractivity contribution in [1.82, 2.24) is 15.6 Å². The molecule has 0 amide bonds. The maximum Gasteiger partial charge on any atom is 0.191 e. The maximum atomic E-state index is 4.73. The predicted octanol–water partition coefficient (Wildman–Crippen LogP) is 3.66. The van der Waals surface area contributed by atoms with E-state index in [9.17, 15) is 0 Å². The molecule has 0 saturated carbocycles. The second-order valence-corrected chi connectivity index (χ2v) is 8.78. The van der Waals surface area contributed by atoms with E-state index in [0.29, 0.717) is 6.04 Å². The summed E-state index contributed by atoms with van der Waals surface area (Å²) in [7, 11) is 1.84. The van der Waals surface area contributed by atoms with E-state index >= 15 is 0 Å². The maximum absolute atomic E-state index is 4.73. The van der Waals surface area contributed by atoms with Gasteiger partial charge in [0.15, 0.2) is 5.96 Å². The second kappa shape index (κ2) is 10.1. The molecule has 0 aliphatic carbocycles. The average molecular weight is 468 g/mol. The number of hydrogen-bond donors (Lipinski definition) is 2. The Balaban J connectivity index is 0.00000264. The van der Waals surface area contributed by atoms with Crippen LogP contribution in [-0.2, 0) is 11.8 Å². The molecule has 0 radical (unpaired) electrons. The Morgan fingerprint density at radius 1 is 1.43 bits per heavy atom. The summed E-state index contributed by atoms with van der Waals surface area (Å²) in [5, 5.41) is 10.3. The van der Waals surface area contributed by atoms with Crippen molar-refractivity contribution < 1.29 is 0 Å². The van der Waals surface area contributed by atoms with Crippen LogP contribution < -0.4 is 10.6 Å². The molecule has 4 nitrogen and oxygen atoms in total. The zero-order chi connectivity index (χ0) is 16.0. The van der Waals surface area contributed by atoms with Gasteiger partial charge in [0, 0.05) is 42.6 Å². The van der Waals surface area contributed by atoms with E-state index in [1.807, 2.05) is 18.8 Å². The molecule has 23 heavy (non-hydrogen) atoms. The van der Waals surface area contributed by atoms with Crippen LogP contribution in [0.2, 0.25) is 0 Å². The number of nitrogens with one attached hydrogen (secondary N) is 2. The highest BCUT2D eigenvalue weighted by atomic mass is 127. The molecule has 2 rings (SSSR count). The van der Waals surface area contributed by atoms with E-state index in [4.69, 9.17) is 4.98 Å². The minimum Gasteiger partial charge on any atom is -0.356 e. The number of aliphatic imine (C=N–C) groups is 1. The van der Waals surface area contributed by atoms with Crippen LogP contribution >= 0.6 is 47.1 Å². The van der Waals surface area contributed by atoms with Crippen LogP contribution in [0.4, 0.5) is 0 Å². The summed E-state index contributed by atoms with van der Waals surface area (Å²) >= 11 is 3.78. The van der Waals surface area contributed by atoms with Gasteiger partial charge in [-0.25, -0.2) is 4.98 Å². The summed E-state index contributed by atoms with van der Waals surface area (Å²) in [4.78, 5) is 9.06. The molecule has 2 heterocycles. The molecule has 1 atom stereocenters. The van der Waals surface area contributed by atoms with E-state index < -0.39 is 0 Å². The van der Waals surface area contributed by atoms with Gasteiger partial charge in [0.05, 0.1) is 10.7 Å². The van der Waals surface area contributed by atoms with Gasteiger partial charge in [-0.15, -0.1) is 35.3 Å². The lowest BCUT2D eigenvalue weighted by molar-refractivity contribution is 0.569. The Morgan fingerprint density at radius 3 is 2.78 bits per heavy atom. The first-order chi connectivity index (χ1) is 10.5. The van der Waals surface area contributed by atoms with Crippen molar-refractivity contribution in [1.29, 1.82) is 0 Å². The fourth-order valence-electron chi connectivity index (χ4n) is 2.30. The molecular weight excluding hydrogens is 439 g/mol. The molecular formula is C16H29IN4S2. The van der Waals surface area contributed by atoms with E-state index in [-0.39, 0.29) is 29.4 Å². The van der Waals surface area contributed by atoms with Crippen molar-refractivity contribution in [2.24, 2.45) is 4.99 Å². The summed E-state index contributed by atoms with van der Waals surface area (Å²) in [5.74, 6) is 3.40. The van der Waals surface area contributed by atoms with Gasteiger partial charge in [-0.3, -0.25) is 4.99 Å². The Hall–Kier alpha value is -0.0200. The lowest BCUT2D eigenvalue weighted by atomic mass is 9.93. The van der Waals surface area contributed by atoms with Crippen molar-refractivity contribution in [3.05, 3.63) is 16.1 Å². The van der Waals surface area contributed by atoms with Crippen molar-refractivity contribution >= 4 is 53.0 Å². The minimum atomic E-state index is 0. The molecule has 1 unspecified atom stereocenters. The summed E-state index contributed by atoms with van der Waals surface area (Å²) in [6.07, 6.45) is 3.49. The van der Waals surface area contributed by atoms with Crippen molar-refractivity contribution in [3.8, 4) is 0 Å². The number of thiazole rings is 1. The van der Waals surface area contributed by atoms with Crippen LogP contribution in [0.15, 0.2) is 10.4 Å². The quantitative estimate of drug-likeness (QED) is 0.402. The summed E-state index contributed by atoms with van der Waals surface area (Å²) < 4.78 is 0. The van der Waals surface area contributed by atoms with Gasteiger partial charge in [-0.2, -0.15) is 11.8 Å². The zero-order valence-electron chi connectivity index (χ0n) is 14.5. The van der Waals surface area contributed by atoms with E-state index in [1.165, 1.54) is 35.0 Å². The van der Waals surface area contributed by atoms with Gasteiger partial charge in [0.1, 0.15) is 0 Å². The molecule has 0 spiro atoms. The van der Waals surface area contributed by atoms with E-state index in [2.05, 4.69) is 41.8 Å². The molecule has 1 aromatic rings. The van der Waals surface area contributed by atoms with Crippen molar-refractivity contribution in [3.63, 3.8) is 0 Å². The first-order valence-corrected chi connectivity index (χ1v) is 10.0. The zero-order valence-corrected chi connectivity index (χ0v) is 18.5. The highest BCUT2D eigenvalue weighted by Crippen LogP contribution is 2.23. The Kier molecular flexibility index (Phi) is 9.21. The smallest absolute Gasteiger partial charge is 0.191 e. The molecule has 132 valence electrons. The van der Waals surface area contributed by atoms with Gasteiger partial charge >= 0.3 is 0 Å². The van der Waals surface area contributed by atoms with Gasteiger partial charge in [-0.05, 0) is 18.6 Å². The average Bonchev–Trinajstić information content (AvgIpc) is 2.96. The van der Waals surface area contributed by atoms with Crippen LogP contribution in [-0.4, -0.2) is 42.1 Å². The van der Waals surface area contributed by atoms with Gasteiger partial charge in [-0.1, -0.05) is 20.8 Å². The number of guanidine groups is 1. The second-order valence-electron chi connectivity index (χ2n) is 6.68. The van der Waals surface area contributed by atoms with Crippen LogP contribution in [0.5, 0.6) is 0 Å². The van der Waals surface area contributed by atoms with Gasteiger partial charge < -0.3 is 10.6 Å². The van der Waals surface area contributed by atoms with E-state index in [1.54, 1.807) is 11.3 Å². The van der Waals surface area contributed by atoms with Gasteiger partial charge in [0.25, 0.3) is 0 Å². The molecule has 7 heteroatoms. The lowest BCUT2D eigenvalue weighted by Crippen LogP contribution is -2.46. The van der Waals surface area contributed by atoms with Crippen molar-refractivity contribution in [2.45, 2.75) is 51.5 Å². The normalized spacial score (nSPS) is 19.1. The summed E-state index contributed by atoms with van der Waals surface area (Å²) in [6.45, 7) is 7.49. The molecule has 1 aliphatic heterocycles. The Bertz CT molecular complexity index is 491. The number of hydrogen-bond acceptors (Lipinski definition) is 4. The van der Waals surface area contributed by atoms with Crippen LogP contribution in [0.25, 0.3) is 0 Å². The number of thioether (sulfide) groups is 1.